The number of aromatic nitrogens is 2. The van der Waals surface area contributed by atoms with Crippen molar-refractivity contribution in [1.29, 1.82) is 0 Å². The van der Waals surface area contributed by atoms with Crippen LogP contribution >= 0.6 is 11.6 Å². The van der Waals surface area contributed by atoms with Gasteiger partial charge in [-0.1, -0.05) is 44.5 Å². The van der Waals surface area contributed by atoms with Crippen LogP contribution in [0, 0.1) is 18.2 Å². The zero-order chi connectivity index (χ0) is 25.3. The number of carbonyl (C=O) groups is 1. The Balaban J connectivity index is 1.66. The Morgan fingerprint density at radius 2 is 1.80 bits per heavy atom. The van der Waals surface area contributed by atoms with E-state index in [4.69, 9.17) is 16.3 Å². The summed E-state index contributed by atoms with van der Waals surface area (Å²) in [6, 6.07) is 17.3. The fraction of sp³-hybridized carbons (Fsp3) is 0.286. The molecule has 0 aliphatic carbocycles. The van der Waals surface area contributed by atoms with Crippen molar-refractivity contribution < 1.29 is 13.9 Å². The summed E-state index contributed by atoms with van der Waals surface area (Å²) in [5, 5.41) is 9.11. The molecule has 4 rings (SSSR count). The maximum Gasteiger partial charge on any atom is 0.225 e. The molecule has 7 heteroatoms. The molecule has 0 radical (unpaired) electrons. The summed E-state index contributed by atoms with van der Waals surface area (Å²) in [6.07, 6.45) is 1.31. The Morgan fingerprint density at radius 1 is 1.09 bits per heavy atom. The molecule has 1 aromatic heterocycles. The quantitative estimate of drug-likeness (QED) is 0.321. The average molecular weight is 494 g/mol. The van der Waals surface area contributed by atoms with E-state index in [1.54, 1.807) is 23.0 Å². The van der Waals surface area contributed by atoms with E-state index in [1.807, 2.05) is 71.0 Å². The van der Waals surface area contributed by atoms with Gasteiger partial charge in [-0.25, -0.2) is 9.07 Å². The van der Waals surface area contributed by atoms with Crippen molar-refractivity contribution in [3.63, 3.8) is 0 Å². The third-order valence-corrected chi connectivity index (χ3v) is 6.30. The summed E-state index contributed by atoms with van der Waals surface area (Å²) in [4.78, 5) is 12.7. The number of carbonyl (C=O) groups excluding carboxylic acids is 1. The highest BCUT2D eigenvalue weighted by Gasteiger charge is 2.28. The van der Waals surface area contributed by atoms with Crippen LogP contribution in [0.25, 0.3) is 16.6 Å². The molecule has 35 heavy (non-hydrogen) atoms. The van der Waals surface area contributed by atoms with Gasteiger partial charge in [-0.05, 0) is 73.5 Å². The normalized spacial score (nSPS) is 13.5. The van der Waals surface area contributed by atoms with Gasteiger partial charge in [0.25, 0.3) is 0 Å². The molecule has 0 unspecified atom stereocenters. The van der Waals surface area contributed by atoms with E-state index in [0.717, 1.165) is 27.7 Å². The lowest BCUT2D eigenvalue weighted by Crippen LogP contribution is -2.44. The van der Waals surface area contributed by atoms with Gasteiger partial charge in [0, 0.05) is 15.8 Å². The van der Waals surface area contributed by atoms with Crippen LogP contribution in [0.1, 0.15) is 44.9 Å². The topological polar surface area (TPSA) is 56.1 Å². The van der Waals surface area contributed by atoms with Gasteiger partial charge >= 0.3 is 0 Å². The number of hydrogen-bond acceptors (Lipinski definition) is 3. The van der Waals surface area contributed by atoms with E-state index >= 15 is 0 Å². The molecule has 0 spiro atoms. The first kappa shape index (κ1) is 24.7. The standard InChI is InChI=1S/C28H29ClFN3O2/c1-17-14-19(6-12-24(17)29)26(18(2)32-27(34)28(3,4)5)35-23-11-13-25-20(15-23)16-31-33(25)22-9-7-21(30)8-10-22/h6-16,18,26H,1-5H3,(H,32,34)/t18-,26+/m0/s1. The first-order chi connectivity index (χ1) is 16.5. The van der Waals surface area contributed by atoms with Crippen LogP contribution in [0.2, 0.25) is 5.02 Å². The van der Waals surface area contributed by atoms with Crippen LogP contribution in [0.3, 0.4) is 0 Å². The van der Waals surface area contributed by atoms with Gasteiger partial charge in [0.2, 0.25) is 5.91 Å². The molecular weight excluding hydrogens is 465 g/mol. The largest absolute Gasteiger partial charge is 0.484 e. The van der Waals surface area contributed by atoms with Gasteiger partial charge in [-0.3, -0.25) is 4.79 Å². The molecular formula is C28H29ClFN3O2. The van der Waals surface area contributed by atoms with Crippen LogP contribution < -0.4 is 10.1 Å². The second-order valence-corrected chi connectivity index (χ2v) is 10.2. The Kier molecular flexibility index (Phi) is 6.86. The van der Waals surface area contributed by atoms with Gasteiger partial charge in [-0.2, -0.15) is 5.10 Å². The molecule has 4 aromatic rings. The van der Waals surface area contributed by atoms with Crippen molar-refractivity contribution in [2.45, 2.75) is 46.8 Å². The Morgan fingerprint density at radius 3 is 2.46 bits per heavy atom. The molecule has 0 saturated heterocycles. The minimum atomic E-state index is -0.525. The second-order valence-electron chi connectivity index (χ2n) is 9.81. The number of nitrogens with zero attached hydrogens (tertiary/aromatic N) is 2. The van der Waals surface area contributed by atoms with E-state index in [1.165, 1.54) is 12.1 Å². The predicted molar refractivity (Wildman–Crippen MR) is 138 cm³/mol. The molecule has 0 fully saturated rings. The van der Waals surface area contributed by atoms with Crippen LogP contribution in [0.4, 0.5) is 4.39 Å². The molecule has 0 aliphatic heterocycles. The fourth-order valence-corrected chi connectivity index (χ4v) is 3.94. The summed E-state index contributed by atoms with van der Waals surface area (Å²) in [6.45, 7) is 9.51. The SMILES string of the molecule is Cc1cc([C@H](Oc2ccc3c(cnn3-c3ccc(F)cc3)c2)[C@H](C)NC(=O)C(C)(C)C)ccc1Cl. The summed E-state index contributed by atoms with van der Waals surface area (Å²) in [7, 11) is 0. The highest BCUT2D eigenvalue weighted by molar-refractivity contribution is 6.31. The van der Waals surface area contributed by atoms with Crippen molar-refractivity contribution in [2.75, 3.05) is 0 Å². The molecule has 0 bridgehead atoms. The van der Waals surface area contributed by atoms with Gasteiger partial charge < -0.3 is 10.1 Å². The van der Waals surface area contributed by atoms with E-state index in [0.29, 0.717) is 10.8 Å². The zero-order valence-electron chi connectivity index (χ0n) is 20.5. The van der Waals surface area contributed by atoms with E-state index in [9.17, 15) is 9.18 Å². The molecule has 2 atom stereocenters. The Bertz CT molecular complexity index is 1360. The molecule has 0 saturated carbocycles. The van der Waals surface area contributed by atoms with Crippen molar-refractivity contribution in [2.24, 2.45) is 5.41 Å². The lowest BCUT2D eigenvalue weighted by molar-refractivity contribution is -0.129. The number of amides is 1. The van der Waals surface area contributed by atoms with Gasteiger partial charge in [0.1, 0.15) is 17.7 Å². The molecule has 5 nitrogen and oxygen atoms in total. The van der Waals surface area contributed by atoms with Gasteiger partial charge in [0.15, 0.2) is 0 Å². The van der Waals surface area contributed by atoms with Crippen molar-refractivity contribution in [3.8, 4) is 11.4 Å². The minimum Gasteiger partial charge on any atom is -0.484 e. The summed E-state index contributed by atoms with van der Waals surface area (Å²) in [5.41, 5.74) is 2.96. The monoisotopic (exact) mass is 493 g/mol. The van der Waals surface area contributed by atoms with Gasteiger partial charge in [-0.15, -0.1) is 0 Å². The molecule has 1 N–H and O–H groups in total. The molecule has 1 heterocycles. The number of aryl methyl sites for hydroxylation is 1. The van der Waals surface area contributed by atoms with E-state index in [2.05, 4.69) is 10.4 Å². The first-order valence-electron chi connectivity index (χ1n) is 11.5. The number of hydrogen-bond donors (Lipinski definition) is 1. The van der Waals surface area contributed by atoms with Crippen LogP contribution in [0.5, 0.6) is 5.75 Å². The Hall–Kier alpha value is -3.38. The van der Waals surface area contributed by atoms with E-state index < -0.39 is 11.5 Å². The number of nitrogens with one attached hydrogen (secondary N) is 1. The summed E-state index contributed by atoms with van der Waals surface area (Å²) < 4.78 is 21.6. The highest BCUT2D eigenvalue weighted by atomic mass is 35.5. The van der Waals surface area contributed by atoms with Crippen LogP contribution in [0.15, 0.2) is 66.9 Å². The van der Waals surface area contributed by atoms with Crippen LogP contribution in [-0.4, -0.2) is 21.7 Å². The maximum absolute atomic E-state index is 13.3. The number of rotatable bonds is 6. The fourth-order valence-electron chi connectivity index (χ4n) is 3.82. The highest BCUT2D eigenvalue weighted by Crippen LogP contribution is 2.31. The second kappa shape index (κ2) is 9.70. The van der Waals surface area contributed by atoms with Gasteiger partial charge in [0.05, 0.1) is 23.4 Å². The summed E-state index contributed by atoms with van der Waals surface area (Å²) in [5.74, 6) is 0.294. The maximum atomic E-state index is 13.3. The van der Waals surface area contributed by atoms with Crippen LogP contribution in [-0.2, 0) is 4.79 Å². The predicted octanol–water partition coefficient (Wildman–Crippen LogP) is 6.80. The van der Waals surface area contributed by atoms with Crippen molar-refractivity contribution in [3.05, 3.63) is 88.8 Å². The molecule has 1 amide bonds. The number of ether oxygens (including phenoxy) is 1. The van der Waals surface area contributed by atoms with Crippen molar-refractivity contribution in [1.82, 2.24) is 15.1 Å². The summed E-state index contributed by atoms with van der Waals surface area (Å²) >= 11 is 6.26. The van der Waals surface area contributed by atoms with Crippen molar-refractivity contribution >= 4 is 28.4 Å². The lowest BCUT2D eigenvalue weighted by atomic mass is 9.94. The smallest absolute Gasteiger partial charge is 0.225 e. The number of fused-ring (bicyclic) bond motifs is 1. The third-order valence-electron chi connectivity index (χ3n) is 5.88. The van der Waals surface area contributed by atoms with E-state index in [-0.39, 0.29) is 17.8 Å². The third kappa shape index (κ3) is 5.49. The molecule has 3 aromatic carbocycles. The average Bonchev–Trinajstić information content (AvgIpc) is 3.22. The first-order valence-corrected chi connectivity index (χ1v) is 11.9. The molecule has 182 valence electrons. The number of halogens is 2. The number of benzene rings is 3. The Labute approximate surface area is 209 Å². The zero-order valence-corrected chi connectivity index (χ0v) is 21.2. The molecule has 0 aliphatic rings. The lowest BCUT2D eigenvalue weighted by Gasteiger charge is -2.29. The minimum absolute atomic E-state index is 0.0553.